The largest absolute Gasteiger partial charge is 0.453 e. The number of anilines is 1. The zero-order valence-electron chi connectivity index (χ0n) is 41.2. The third kappa shape index (κ3) is 8.93. The van der Waals surface area contributed by atoms with E-state index in [0.29, 0.717) is 24.9 Å². The number of likely N-dealkylation sites (tertiary alicyclic amines) is 2. The minimum Gasteiger partial charge on any atom is -0.453 e. The average Bonchev–Trinajstić information content (AvgIpc) is 4.19. The lowest BCUT2D eigenvalue weighted by Gasteiger charge is -2.37. The Kier molecular flexibility index (Phi) is 13.0. The van der Waals surface area contributed by atoms with Gasteiger partial charge >= 0.3 is 12.2 Å². The predicted octanol–water partition coefficient (Wildman–Crippen LogP) is 9.67. The van der Waals surface area contributed by atoms with E-state index in [9.17, 15) is 19.2 Å². The number of aliphatic imine (C=N–C) groups is 2. The summed E-state index contributed by atoms with van der Waals surface area (Å²) in [6.45, 7) is 13.3. The smallest absolute Gasteiger partial charge is 0.407 e. The fourth-order valence-electron chi connectivity index (χ4n) is 12.1. The van der Waals surface area contributed by atoms with Gasteiger partial charge in [0.05, 0.1) is 31.8 Å². The number of alkyl carbamates (subject to hydrolysis) is 2. The van der Waals surface area contributed by atoms with Crippen molar-refractivity contribution in [1.82, 2.24) is 20.4 Å². The van der Waals surface area contributed by atoms with Crippen LogP contribution >= 0.6 is 0 Å². The topological polar surface area (TPSA) is 154 Å². The first-order chi connectivity index (χ1) is 32.6. The van der Waals surface area contributed by atoms with Crippen LogP contribution in [0, 0.1) is 17.3 Å². The molecule has 3 fully saturated rings. The molecule has 13 heteroatoms. The molecule has 3 aromatic rings. The van der Waals surface area contributed by atoms with Crippen LogP contribution in [0.3, 0.4) is 0 Å². The SMILES string of the molecule is COC(=O)NC(C(=O)N1CCCC1C1=NC=C(c2ccc(-c3ccc(-c4ccc5c(c4)NC(C4CCCN4C(=O)C(NC(=O)OC)C(C)C)=NC5(C)C)c4c3CC3(CCCC3)C4)cc2)C1)C(C)C. The molecule has 4 heterocycles. The quantitative estimate of drug-likeness (QED) is 0.173. The second-order valence-electron chi connectivity index (χ2n) is 21.2. The summed E-state index contributed by atoms with van der Waals surface area (Å²) in [4.78, 5) is 66.1. The summed E-state index contributed by atoms with van der Waals surface area (Å²) in [6, 6.07) is 18.7. The molecule has 0 aromatic heterocycles. The summed E-state index contributed by atoms with van der Waals surface area (Å²) < 4.78 is 9.69. The van der Waals surface area contributed by atoms with Crippen molar-refractivity contribution < 1.29 is 28.7 Å². The third-order valence-electron chi connectivity index (χ3n) is 15.7. The van der Waals surface area contributed by atoms with Crippen molar-refractivity contribution in [3.63, 3.8) is 0 Å². The number of nitrogens with zero attached hydrogens (tertiary/aromatic N) is 4. The molecule has 1 saturated carbocycles. The highest BCUT2D eigenvalue weighted by molar-refractivity contribution is 6.05. The van der Waals surface area contributed by atoms with Crippen molar-refractivity contribution in [3.8, 4) is 22.3 Å². The van der Waals surface area contributed by atoms with Crippen LogP contribution in [-0.4, -0.2) is 96.8 Å². The first-order valence-electron chi connectivity index (χ1n) is 24.9. The van der Waals surface area contributed by atoms with Gasteiger partial charge in [-0.3, -0.25) is 19.6 Å². The lowest BCUT2D eigenvalue weighted by molar-refractivity contribution is -0.134. The maximum Gasteiger partial charge on any atom is 0.407 e. The number of rotatable bonds is 11. The van der Waals surface area contributed by atoms with Gasteiger partial charge in [0.2, 0.25) is 11.8 Å². The number of benzene rings is 3. The zero-order valence-corrected chi connectivity index (χ0v) is 41.2. The molecule has 4 atom stereocenters. The van der Waals surface area contributed by atoms with Crippen LogP contribution in [0.25, 0.3) is 27.8 Å². The number of nitrogens with one attached hydrogen (secondary N) is 3. The fraction of sp³-hybridized carbons (Fsp3) is 0.527. The van der Waals surface area contributed by atoms with Gasteiger partial charge in [0, 0.05) is 42.7 Å². The number of allylic oxidation sites excluding steroid dienone is 1. The Morgan fingerprint density at radius 3 is 1.81 bits per heavy atom. The first-order valence-corrected chi connectivity index (χ1v) is 24.9. The lowest BCUT2D eigenvalue weighted by Crippen LogP contribution is -2.55. The maximum absolute atomic E-state index is 14.1. The monoisotopic (exact) mass is 924 g/mol. The molecule has 4 amide bonds. The summed E-state index contributed by atoms with van der Waals surface area (Å²) in [7, 11) is 2.63. The Balaban J connectivity index is 0.949. The lowest BCUT2D eigenvalue weighted by atomic mass is 9.82. The molecule has 9 rings (SSSR count). The molecule has 6 aliphatic rings. The Bertz CT molecular complexity index is 2570. The van der Waals surface area contributed by atoms with Crippen LogP contribution in [0.2, 0.25) is 0 Å². The predicted molar refractivity (Wildman–Crippen MR) is 268 cm³/mol. The van der Waals surface area contributed by atoms with E-state index in [2.05, 4.69) is 84.4 Å². The first kappa shape index (κ1) is 47.1. The van der Waals surface area contributed by atoms with Gasteiger partial charge in [0.1, 0.15) is 17.9 Å². The number of methoxy groups -OCH3 is 2. The van der Waals surface area contributed by atoms with Crippen molar-refractivity contribution in [2.75, 3.05) is 32.6 Å². The van der Waals surface area contributed by atoms with Gasteiger partial charge in [-0.15, -0.1) is 0 Å². The summed E-state index contributed by atoms with van der Waals surface area (Å²) >= 11 is 0. The van der Waals surface area contributed by atoms with Crippen molar-refractivity contribution in [3.05, 3.63) is 83.1 Å². The number of carbonyl (C=O) groups excluding carboxylic acids is 4. The second-order valence-corrected chi connectivity index (χ2v) is 21.2. The minimum absolute atomic E-state index is 0.0854. The van der Waals surface area contributed by atoms with Crippen LogP contribution in [0.5, 0.6) is 0 Å². The van der Waals surface area contributed by atoms with Gasteiger partial charge in [0.25, 0.3) is 0 Å². The fourth-order valence-corrected chi connectivity index (χ4v) is 12.1. The number of ether oxygens (including phenoxy) is 2. The molecule has 1 spiro atoms. The highest BCUT2D eigenvalue weighted by atomic mass is 16.5. The van der Waals surface area contributed by atoms with Crippen LogP contribution in [0.15, 0.2) is 70.8 Å². The molecular formula is C55H69N7O6. The van der Waals surface area contributed by atoms with Crippen molar-refractivity contribution in [2.24, 2.45) is 27.2 Å². The van der Waals surface area contributed by atoms with Gasteiger partial charge in [-0.1, -0.05) is 89.1 Å². The molecule has 0 radical (unpaired) electrons. The van der Waals surface area contributed by atoms with E-state index in [0.717, 1.165) is 72.5 Å². The van der Waals surface area contributed by atoms with Gasteiger partial charge < -0.3 is 35.2 Å². The molecule has 0 bridgehead atoms. The molecule has 68 heavy (non-hydrogen) atoms. The van der Waals surface area contributed by atoms with Crippen molar-refractivity contribution in [2.45, 2.75) is 142 Å². The van der Waals surface area contributed by atoms with Gasteiger partial charge in [-0.2, -0.15) is 0 Å². The molecule has 4 aliphatic heterocycles. The standard InChI is InChI=1S/C55H69N7O6/c1-32(2)47(58-52(65)67-7)50(63)61-25-11-13-45(61)44-28-37(31-56-44)34-15-17-35(18-16-34)38-20-21-39(41-30-55(29-40(38)41)23-9-10-24-55)36-19-22-42-43(27-36)57-49(60-54(42,5)6)46-14-12-26-62(46)51(64)48(33(3)4)59-53(66)68-8/h15-22,27,31-33,45-48H,9-14,23-26,28-30H2,1-8H3,(H,57,60)(H,58,65)(H,59,66). The molecule has 3 N–H and O–H groups in total. The van der Waals surface area contributed by atoms with E-state index >= 15 is 0 Å². The van der Waals surface area contributed by atoms with Gasteiger partial charge in [-0.25, -0.2) is 9.59 Å². The number of amidine groups is 1. The Morgan fingerprint density at radius 1 is 0.706 bits per heavy atom. The molecular weight excluding hydrogens is 855 g/mol. The normalized spacial score (nSPS) is 22.0. The third-order valence-corrected chi connectivity index (χ3v) is 15.7. The highest BCUT2D eigenvalue weighted by Crippen LogP contribution is 2.53. The number of hydrogen-bond acceptors (Lipinski definition) is 9. The van der Waals surface area contributed by atoms with Crippen LogP contribution < -0.4 is 16.0 Å². The number of hydrogen-bond donors (Lipinski definition) is 3. The van der Waals surface area contributed by atoms with E-state index in [1.807, 2.05) is 43.7 Å². The Hall–Kier alpha value is -5.98. The molecule has 360 valence electrons. The molecule has 2 saturated heterocycles. The van der Waals surface area contributed by atoms with Crippen molar-refractivity contribution >= 4 is 46.8 Å². The summed E-state index contributed by atoms with van der Waals surface area (Å²) in [5.41, 5.74) is 13.1. The van der Waals surface area contributed by atoms with Gasteiger partial charge in [-0.05, 0) is 133 Å². The van der Waals surface area contributed by atoms with E-state index in [4.69, 9.17) is 19.5 Å². The molecule has 13 nitrogen and oxygen atoms in total. The molecule has 3 aromatic carbocycles. The average molecular weight is 924 g/mol. The van der Waals surface area contributed by atoms with E-state index in [-0.39, 0.29) is 35.7 Å². The maximum atomic E-state index is 14.1. The number of fused-ring (bicyclic) bond motifs is 2. The summed E-state index contributed by atoms with van der Waals surface area (Å²) in [6.07, 6.45) is 12.0. The van der Waals surface area contributed by atoms with Crippen LogP contribution in [-0.2, 0) is 37.4 Å². The number of amides is 4. The Labute approximate surface area is 401 Å². The van der Waals surface area contributed by atoms with E-state index < -0.39 is 29.8 Å². The van der Waals surface area contributed by atoms with Crippen molar-refractivity contribution in [1.29, 1.82) is 0 Å². The summed E-state index contributed by atoms with van der Waals surface area (Å²) in [5, 5.41) is 9.26. The van der Waals surface area contributed by atoms with E-state index in [1.54, 1.807) is 0 Å². The van der Waals surface area contributed by atoms with Gasteiger partial charge in [0.15, 0.2) is 0 Å². The highest BCUT2D eigenvalue weighted by Gasteiger charge is 2.44. The van der Waals surface area contributed by atoms with E-state index in [1.165, 1.54) is 73.3 Å². The molecule has 2 aliphatic carbocycles. The minimum atomic E-state index is -0.700. The van der Waals surface area contributed by atoms with Crippen LogP contribution in [0.1, 0.15) is 122 Å². The number of carbonyl (C=O) groups is 4. The zero-order chi connectivity index (χ0) is 48.1. The second kappa shape index (κ2) is 18.8. The summed E-state index contributed by atoms with van der Waals surface area (Å²) in [5.74, 6) is 0.385. The Morgan fingerprint density at radius 2 is 1.24 bits per heavy atom. The molecule has 4 unspecified atom stereocenters. The van der Waals surface area contributed by atoms with Crippen LogP contribution in [0.4, 0.5) is 15.3 Å².